The van der Waals surface area contributed by atoms with Gasteiger partial charge in [0.25, 0.3) is 0 Å². The fourth-order valence-electron chi connectivity index (χ4n) is 5.27. The molecule has 0 unspecified atom stereocenters. The molecule has 0 radical (unpaired) electrons. The Morgan fingerprint density at radius 1 is 0.639 bits per heavy atom. The number of H-pyrrole nitrogens is 2. The fraction of sp³-hybridized carbons (Fsp3) is 0.450. The number of hydrogen-bond donors (Lipinski definition) is 5. The molecule has 4 aromatic heterocycles. The number of aromatic amines is 2. The number of nitrogens with zero attached hydrogens (tertiary/aromatic N) is 6. The number of rotatable bonds is 12. The molecule has 0 atom stereocenters. The van der Waals surface area contributed by atoms with Crippen LogP contribution in [-0.4, -0.2) is 112 Å². The van der Waals surface area contributed by atoms with Crippen LogP contribution in [0.2, 0.25) is 0 Å². The van der Waals surface area contributed by atoms with Gasteiger partial charge in [0.2, 0.25) is 0 Å². The Morgan fingerprint density at radius 2 is 1.08 bits per heavy atom. The third-order valence-corrected chi connectivity index (χ3v) is 14.4. The number of hydrogen-bond acceptors (Lipinski definition) is 16. The van der Waals surface area contributed by atoms with E-state index in [-0.39, 0.29) is 28.8 Å². The Bertz CT molecular complexity index is 2690. The SMILES string of the molecule is COCCO.COCCOc1cc2ncnc(Nc3n[nH]c(C)c3C)c2cc1S(=O)(=O)C(C)(C)C.Cc1[nH]nc(Nc2ncnc3cc(F)c(S(=O)(=O)C(C)(C)C)cc23)c1C. The Balaban J connectivity index is 0.000000244. The number of halogens is 1. The summed E-state index contributed by atoms with van der Waals surface area (Å²) in [5, 5.41) is 29.3. The van der Waals surface area contributed by atoms with Crippen LogP contribution < -0.4 is 15.4 Å². The summed E-state index contributed by atoms with van der Waals surface area (Å²) in [5.41, 5.74) is 4.54. The van der Waals surface area contributed by atoms with Crippen molar-refractivity contribution in [3.63, 3.8) is 0 Å². The summed E-state index contributed by atoms with van der Waals surface area (Å²) in [6.45, 7) is 18.3. The van der Waals surface area contributed by atoms with Crippen LogP contribution in [0.1, 0.15) is 64.1 Å². The van der Waals surface area contributed by atoms with Gasteiger partial charge in [0, 0.05) is 59.6 Å². The number of methoxy groups -OCH3 is 2. The minimum absolute atomic E-state index is 0.0892. The highest BCUT2D eigenvalue weighted by molar-refractivity contribution is 7.93. The van der Waals surface area contributed by atoms with Crippen LogP contribution in [0.25, 0.3) is 21.8 Å². The van der Waals surface area contributed by atoms with Crippen molar-refractivity contribution in [2.45, 2.75) is 88.5 Å². The lowest BCUT2D eigenvalue weighted by Crippen LogP contribution is -2.28. The Kier molecular flexibility index (Phi) is 15.5. The summed E-state index contributed by atoms with van der Waals surface area (Å²) < 4.78 is 79.6. The molecule has 0 fully saturated rings. The highest BCUT2D eigenvalue weighted by atomic mass is 32.2. The lowest BCUT2D eigenvalue weighted by Gasteiger charge is -2.22. The molecule has 21 heteroatoms. The van der Waals surface area contributed by atoms with E-state index >= 15 is 0 Å². The van der Waals surface area contributed by atoms with E-state index in [0.29, 0.717) is 58.3 Å². The first-order chi connectivity index (χ1) is 28.5. The molecule has 4 heterocycles. The summed E-state index contributed by atoms with van der Waals surface area (Å²) in [5.74, 6) is 1.41. The van der Waals surface area contributed by atoms with E-state index in [9.17, 15) is 21.2 Å². The van der Waals surface area contributed by atoms with Gasteiger partial charge < -0.3 is 30.0 Å². The van der Waals surface area contributed by atoms with Gasteiger partial charge in [-0.1, -0.05) is 0 Å². The van der Waals surface area contributed by atoms with Crippen LogP contribution in [0.3, 0.4) is 0 Å². The number of aliphatic hydroxyl groups is 1. The van der Waals surface area contributed by atoms with Crippen molar-refractivity contribution in [1.82, 2.24) is 40.3 Å². The molecule has 0 spiro atoms. The van der Waals surface area contributed by atoms with Gasteiger partial charge in [-0.05, 0) is 81.4 Å². The molecule has 18 nitrogen and oxygen atoms in total. The number of fused-ring (bicyclic) bond motifs is 2. The van der Waals surface area contributed by atoms with E-state index in [2.05, 4.69) is 55.7 Å². The number of ether oxygens (including phenoxy) is 3. The predicted molar refractivity (Wildman–Crippen MR) is 232 cm³/mol. The van der Waals surface area contributed by atoms with E-state index in [0.717, 1.165) is 28.6 Å². The normalized spacial score (nSPS) is 12.1. The maximum atomic E-state index is 14.5. The maximum Gasteiger partial charge on any atom is 0.186 e. The molecule has 61 heavy (non-hydrogen) atoms. The monoisotopic (exact) mass is 886 g/mol. The van der Waals surface area contributed by atoms with Crippen molar-refractivity contribution in [1.29, 1.82) is 0 Å². The van der Waals surface area contributed by atoms with Crippen molar-refractivity contribution in [3.05, 3.63) is 65.3 Å². The van der Waals surface area contributed by atoms with Gasteiger partial charge in [0.15, 0.2) is 31.3 Å². The largest absolute Gasteiger partial charge is 0.490 e. The average molecular weight is 887 g/mol. The van der Waals surface area contributed by atoms with Crippen molar-refractivity contribution < 1.29 is 40.5 Å². The zero-order valence-corrected chi connectivity index (χ0v) is 38.1. The number of nitrogens with one attached hydrogen (secondary N) is 4. The predicted octanol–water partition coefficient (Wildman–Crippen LogP) is 6.36. The van der Waals surface area contributed by atoms with E-state index in [1.165, 1.54) is 39.5 Å². The van der Waals surface area contributed by atoms with Gasteiger partial charge in [-0.15, -0.1) is 0 Å². The Morgan fingerprint density at radius 3 is 1.48 bits per heavy atom. The molecule has 0 amide bonds. The summed E-state index contributed by atoms with van der Waals surface area (Å²) in [6.07, 6.45) is 2.70. The molecule has 0 aliphatic carbocycles. The number of anilines is 4. The molecular weight excluding hydrogens is 832 g/mol. The van der Waals surface area contributed by atoms with Crippen molar-refractivity contribution in [2.24, 2.45) is 0 Å². The molecule has 0 saturated heterocycles. The molecule has 5 N–H and O–H groups in total. The van der Waals surface area contributed by atoms with Gasteiger partial charge in [-0.25, -0.2) is 41.2 Å². The van der Waals surface area contributed by atoms with E-state index in [4.69, 9.17) is 14.6 Å². The highest BCUT2D eigenvalue weighted by Gasteiger charge is 2.35. The van der Waals surface area contributed by atoms with Crippen molar-refractivity contribution >= 4 is 64.8 Å². The van der Waals surface area contributed by atoms with Crippen LogP contribution in [-0.2, 0) is 29.1 Å². The van der Waals surface area contributed by atoms with Crippen molar-refractivity contribution in [3.8, 4) is 5.75 Å². The smallest absolute Gasteiger partial charge is 0.186 e. The first kappa shape index (κ1) is 48.3. The van der Waals surface area contributed by atoms with E-state index in [1.54, 1.807) is 47.1 Å². The van der Waals surface area contributed by atoms with Crippen LogP contribution >= 0.6 is 0 Å². The Labute approximate surface area is 355 Å². The lowest BCUT2D eigenvalue weighted by atomic mass is 10.2. The number of aromatic nitrogens is 8. The maximum absolute atomic E-state index is 14.5. The minimum atomic E-state index is -3.87. The summed E-state index contributed by atoms with van der Waals surface area (Å²) in [7, 11) is -4.46. The quantitative estimate of drug-likeness (QED) is 0.0839. The van der Waals surface area contributed by atoms with Gasteiger partial charge in [0.1, 0.15) is 52.3 Å². The zero-order chi connectivity index (χ0) is 45.5. The molecule has 0 bridgehead atoms. The van der Waals surface area contributed by atoms with Gasteiger partial charge >= 0.3 is 0 Å². The second-order valence-electron chi connectivity index (χ2n) is 15.7. The van der Waals surface area contributed by atoms with E-state index in [1.807, 2.05) is 27.7 Å². The number of aliphatic hydroxyl groups excluding tert-OH is 1. The zero-order valence-electron chi connectivity index (χ0n) is 36.5. The van der Waals surface area contributed by atoms with Gasteiger partial charge in [0.05, 0.1) is 40.3 Å². The summed E-state index contributed by atoms with van der Waals surface area (Å²) in [4.78, 5) is 16.5. The van der Waals surface area contributed by atoms with Crippen LogP contribution in [0.5, 0.6) is 5.75 Å². The first-order valence-corrected chi connectivity index (χ1v) is 22.0. The molecule has 6 rings (SSSR count). The van der Waals surface area contributed by atoms with Crippen LogP contribution in [0, 0.1) is 33.5 Å². The molecule has 0 aliphatic rings. The lowest BCUT2D eigenvalue weighted by molar-refractivity contribution is 0.135. The highest BCUT2D eigenvalue weighted by Crippen LogP contribution is 2.37. The minimum Gasteiger partial charge on any atom is -0.490 e. The molecular formula is C40H55FN10O8S2. The molecule has 2 aromatic carbocycles. The standard InChI is InChI=1S/C20H27N5O4S.C17H20FN5O2S.C3H8O2/c1-12-13(2)24-25-18(12)23-19-14-9-17(30(26,27)20(3,4)5)16(29-8-7-28-6)10-15(14)21-11-22-19;1-9-10(2)22-23-15(9)21-16-11-6-14(26(24,25)17(3,4)5)12(18)7-13(11)19-8-20-16;1-5-3-2-4/h9-11H,7-8H2,1-6H3,(H2,21,22,23,24,25);6-8H,1-5H3,(H2,19,20,21,22,23);4H,2-3H2,1H3. The third kappa shape index (κ3) is 10.9. The number of benzene rings is 2. The van der Waals surface area contributed by atoms with Crippen LogP contribution in [0.15, 0.2) is 46.7 Å². The summed E-state index contributed by atoms with van der Waals surface area (Å²) >= 11 is 0. The topological polar surface area (TPSA) is 249 Å². The Hall–Kier alpha value is -5.35. The number of sulfone groups is 2. The summed E-state index contributed by atoms with van der Waals surface area (Å²) in [6, 6.07) is 5.58. The first-order valence-electron chi connectivity index (χ1n) is 19.0. The molecule has 6 aromatic rings. The van der Waals surface area contributed by atoms with Gasteiger partial charge in [-0.2, -0.15) is 10.2 Å². The van der Waals surface area contributed by atoms with Crippen LogP contribution in [0.4, 0.5) is 27.7 Å². The third-order valence-electron chi connectivity index (χ3n) is 9.40. The molecule has 332 valence electrons. The van der Waals surface area contributed by atoms with E-state index < -0.39 is 35.0 Å². The fourth-order valence-corrected chi connectivity index (χ4v) is 7.84. The second-order valence-corrected chi connectivity index (χ2v) is 21.1. The molecule has 0 saturated carbocycles. The number of aryl methyl sites for hydroxylation is 2. The average Bonchev–Trinajstić information content (AvgIpc) is 3.68. The van der Waals surface area contributed by atoms with Gasteiger partial charge in [-0.3, -0.25) is 10.2 Å². The molecule has 0 aliphatic heterocycles. The second kappa shape index (κ2) is 19.6. The van der Waals surface area contributed by atoms with Crippen molar-refractivity contribution in [2.75, 3.05) is 51.3 Å².